The van der Waals surface area contributed by atoms with Crippen LogP contribution >= 0.6 is 23.2 Å². The van der Waals surface area contributed by atoms with Crippen molar-refractivity contribution < 1.29 is 9.84 Å². The van der Waals surface area contributed by atoms with Crippen LogP contribution in [-0.2, 0) is 11.3 Å². The number of hydrogen-bond donors (Lipinski definition) is 2. The molecule has 1 saturated carbocycles. The maximum atomic E-state index is 10.7. The largest absolute Gasteiger partial charge is 0.378 e. The molecule has 3 aliphatic rings. The lowest BCUT2D eigenvalue weighted by molar-refractivity contribution is 0.0512. The Morgan fingerprint density at radius 1 is 1.06 bits per heavy atom. The average molecular weight is 467 g/mol. The third kappa shape index (κ3) is 4.69. The van der Waals surface area contributed by atoms with Gasteiger partial charge in [0.1, 0.15) is 6.23 Å². The van der Waals surface area contributed by atoms with Gasteiger partial charge in [-0.15, -0.1) is 0 Å². The van der Waals surface area contributed by atoms with Gasteiger partial charge in [-0.1, -0.05) is 36.0 Å². The molecule has 6 nitrogen and oxygen atoms in total. The minimum atomic E-state index is -0.409. The molecule has 170 valence electrons. The third-order valence-electron chi connectivity index (χ3n) is 7.21. The quantitative estimate of drug-likeness (QED) is 0.609. The molecule has 2 aliphatic heterocycles. The number of piperidine rings is 1. The van der Waals surface area contributed by atoms with E-state index in [1.807, 2.05) is 12.1 Å². The fourth-order valence-corrected chi connectivity index (χ4v) is 5.72. The van der Waals surface area contributed by atoms with Crippen molar-refractivity contribution in [3.8, 4) is 0 Å². The lowest BCUT2D eigenvalue weighted by Crippen LogP contribution is -2.46. The van der Waals surface area contributed by atoms with Crippen LogP contribution in [0.4, 0.5) is 5.95 Å². The maximum Gasteiger partial charge on any atom is 0.206 e. The molecule has 5 rings (SSSR count). The highest BCUT2D eigenvalue weighted by atomic mass is 35.5. The predicted molar refractivity (Wildman–Crippen MR) is 125 cm³/mol. The first kappa shape index (κ1) is 21.8. The number of nitrogens with one attached hydrogen (secondary N) is 1. The van der Waals surface area contributed by atoms with Crippen LogP contribution in [0.1, 0.15) is 51.4 Å². The lowest BCUT2D eigenvalue weighted by Gasteiger charge is -2.36. The van der Waals surface area contributed by atoms with E-state index in [1.54, 1.807) is 0 Å². The summed E-state index contributed by atoms with van der Waals surface area (Å²) in [6.45, 7) is 3.36. The highest BCUT2D eigenvalue weighted by molar-refractivity contribution is 6.42. The summed E-state index contributed by atoms with van der Waals surface area (Å²) in [5.41, 5.74) is 1.87. The SMILES string of the molecule is OC(NC1CCCC1)C1CCN(c2nc3cc(Cl)c(Cl)cc3n2CC2CCCO2)CC1. The second kappa shape index (κ2) is 9.44. The van der Waals surface area contributed by atoms with Gasteiger partial charge in [-0.25, -0.2) is 4.98 Å². The lowest BCUT2D eigenvalue weighted by atomic mass is 9.94. The summed E-state index contributed by atoms with van der Waals surface area (Å²) in [6, 6.07) is 4.27. The number of hydrogen-bond acceptors (Lipinski definition) is 5. The van der Waals surface area contributed by atoms with Crippen LogP contribution in [0.15, 0.2) is 12.1 Å². The van der Waals surface area contributed by atoms with Crippen molar-refractivity contribution in [1.82, 2.24) is 14.9 Å². The van der Waals surface area contributed by atoms with E-state index in [-0.39, 0.29) is 12.0 Å². The summed E-state index contributed by atoms with van der Waals surface area (Å²) in [5, 5.41) is 15.3. The highest BCUT2D eigenvalue weighted by Crippen LogP contribution is 2.33. The zero-order chi connectivity index (χ0) is 21.4. The van der Waals surface area contributed by atoms with Crippen LogP contribution in [0.25, 0.3) is 11.0 Å². The van der Waals surface area contributed by atoms with Crippen molar-refractivity contribution in [3.63, 3.8) is 0 Å². The van der Waals surface area contributed by atoms with Gasteiger partial charge in [0.2, 0.25) is 5.95 Å². The Kier molecular flexibility index (Phi) is 6.63. The van der Waals surface area contributed by atoms with Crippen molar-refractivity contribution >= 4 is 40.2 Å². The molecule has 3 fully saturated rings. The van der Waals surface area contributed by atoms with Crippen molar-refractivity contribution in [2.75, 3.05) is 24.6 Å². The number of benzene rings is 1. The fourth-order valence-electron chi connectivity index (χ4n) is 5.41. The number of nitrogens with zero attached hydrogens (tertiary/aromatic N) is 3. The van der Waals surface area contributed by atoms with Crippen molar-refractivity contribution in [2.45, 2.75) is 76.3 Å². The van der Waals surface area contributed by atoms with E-state index in [9.17, 15) is 5.11 Å². The van der Waals surface area contributed by atoms with Crippen LogP contribution in [0.2, 0.25) is 10.0 Å². The minimum absolute atomic E-state index is 0.209. The Hall–Kier alpha value is -1.05. The summed E-state index contributed by atoms with van der Waals surface area (Å²) in [4.78, 5) is 7.29. The summed E-state index contributed by atoms with van der Waals surface area (Å²) in [6.07, 6.45) is 8.81. The highest BCUT2D eigenvalue weighted by Gasteiger charge is 2.30. The maximum absolute atomic E-state index is 10.7. The number of anilines is 1. The molecule has 0 bridgehead atoms. The Labute approximate surface area is 193 Å². The minimum Gasteiger partial charge on any atom is -0.378 e. The third-order valence-corrected chi connectivity index (χ3v) is 7.93. The van der Waals surface area contributed by atoms with E-state index in [2.05, 4.69) is 14.8 Å². The van der Waals surface area contributed by atoms with Crippen molar-refractivity contribution in [1.29, 1.82) is 0 Å². The molecule has 8 heteroatoms. The second-order valence-corrected chi connectivity index (χ2v) is 10.1. The van der Waals surface area contributed by atoms with Gasteiger partial charge in [-0.2, -0.15) is 0 Å². The number of rotatable bonds is 6. The molecular weight excluding hydrogens is 435 g/mol. The number of halogens is 2. The second-order valence-electron chi connectivity index (χ2n) is 9.33. The van der Waals surface area contributed by atoms with E-state index in [1.165, 1.54) is 25.7 Å². The first-order valence-corrected chi connectivity index (χ1v) is 12.5. The Balaban J connectivity index is 1.33. The summed E-state index contributed by atoms with van der Waals surface area (Å²) in [7, 11) is 0. The van der Waals surface area contributed by atoms with Crippen molar-refractivity contribution in [2.24, 2.45) is 5.92 Å². The standard InChI is InChI=1S/C23H32Cl2N4O2/c24-18-12-20-21(13-19(18)25)29(14-17-6-3-11-31-17)23(27-20)28-9-7-15(8-10-28)22(30)26-16-4-1-2-5-16/h12-13,15-17,22,26,30H,1-11,14H2. The molecule has 2 unspecified atom stereocenters. The first-order valence-electron chi connectivity index (χ1n) is 11.7. The Bertz CT molecular complexity index is 901. The number of aliphatic hydroxyl groups is 1. The molecule has 1 aromatic carbocycles. The van der Waals surface area contributed by atoms with E-state index >= 15 is 0 Å². The molecule has 31 heavy (non-hydrogen) atoms. The molecular formula is C23H32Cl2N4O2. The molecule has 2 atom stereocenters. The Morgan fingerprint density at radius 3 is 2.52 bits per heavy atom. The average Bonchev–Trinajstić information content (AvgIpc) is 3.52. The van der Waals surface area contributed by atoms with Gasteiger partial charge in [0.05, 0.1) is 33.7 Å². The van der Waals surface area contributed by atoms with Gasteiger partial charge in [0.25, 0.3) is 0 Å². The van der Waals surface area contributed by atoms with Crippen LogP contribution in [0.3, 0.4) is 0 Å². The summed E-state index contributed by atoms with van der Waals surface area (Å²) < 4.78 is 8.17. The summed E-state index contributed by atoms with van der Waals surface area (Å²) >= 11 is 12.6. The summed E-state index contributed by atoms with van der Waals surface area (Å²) in [5.74, 6) is 1.25. The van der Waals surface area contributed by atoms with Gasteiger partial charge < -0.3 is 19.3 Å². The molecule has 2 N–H and O–H groups in total. The topological polar surface area (TPSA) is 62.5 Å². The van der Waals surface area contributed by atoms with Gasteiger partial charge in [0, 0.05) is 31.7 Å². The van der Waals surface area contributed by atoms with Crippen LogP contribution in [0, 0.1) is 5.92 Å². The molecule has 0 spiro atoms. The molecule has 2 aromatic rings. The van der Waals surface area contributed by atoms with Crippen LogP contribution in [-0.4, -0.2) is 52.7 Å². The zero-order valence-corrected chi connectivity index (χ0v) is 19.4. The van der Waals surface area contributed by atoms with E-state index < -0.39 is 6.23 Å². The number of ether oxygens (including phenoxy) is 1. The molecule has 0 radical (unpaired) electrons. The molecule has 3 heterocycles. The number of aliphatic hydroxyl groups excluding tert-OH is 1. The van der Waals surface area contributed by atoms with Gasteiger partial charge in [0.15, 0.2) is 0 Å². The van der Waals surface area contributed by atoms with Crippen LogP contribution < -0.4 is 10.2 Å². The van der Waals surface area contributed by atoms with E-state index in [4.69, 9.17) is 32.9 Å². The van der Waals surface area contributed by atoms with Crippen LogP contribution in [0.5, 0.6) is 0 Å². The monoisotopic (exact) mass is 466 g/mol. The smallest absolute Gasteiger partial charge is 0.206 e. The zero-order valence-electron chi connectivity index (χ0n) is 17.9. The number of aromatic nitrogens is 2. The van der Waals surface area contributed by atoms with Gasteiger partial charge in [-0.05, 0) is 50.7 Å². The first-order chi connectivity index (χ1) is 15.1. The molecule has 2 saturated heterocycles. The normalized spacial score (nSPS) is 24.5. The van der Waals surface area contributed by atoms with E-state index in [0.717, 1.165) is 68.9 Å². The van der Waals surface area contributed by atoms with Gasteiger partial charge >= 0.3 is 0 Å². The Morgan fingerprint density at radius 2 is 1.81 bits per heavy atom. The molecule has 1 aromatic heterocycles. The van der Waals surface area contributed by atoms with Gasteiger partial charge in [-0.3, -0.25) is 5.32 Å². The molecule has 1 aliphatic carbocycles. The predicted octanol–water partition coefficient (Wildman–Crippen LogP) is 4.59. The fraction of sp³-hybridized carbons (Fsp3) is 0.696. The van der Waals surface area contributed by atoms with Crippen molar-refractivity contribution in [3.05, 3.63) is 22.2 Å². The molecule has 0 amide bonds. The number of imidazole rings is 1. The number of fused-ring (bicyclic) bond motifs is 1. The van der Waals surface area contributed by atoms with E-state index in [0.29, 0.717) is 16.1 Å².